The molecule has 108 valence electrons. The summed E-state index contributed by atoms with van der Waals surface area (Å²) < 4.78 is 0. The van der Waals surface area contributed by atoms with Gasteiger partial charge in [0.15, 0.2) is 5.01 Å². The SMILES string of the molecule is CNC.NC(=O)c1nc2ccc(N3CCCC3)nc2s1. The van der Waals surface area contributed by atoms with E-state index in [-0.39, 0.29) is 0 Å². The smallest absolute Gasteiger partial charge is 0.277 e. The van der Waals surface area contributed by atoms with E-state index in [0.717, 1.165) is 29.3 Å². The Balaban J connectivity index is 0.000000452. The van der Waals surface area contributed by atoms with Gasteiger partial charge < -0.3 is 16.0 Å². The molecule has 0 spiro atoms. The molecule has 1 fully saturated rings. The molecule has 2 aromatic rings. The summed E-state index contributed by atoms with van der Waals surface area (Å²) in [5, 5.41) is 3.08. The van der Waals surface area contributed by atoms with E-state index in [0.29, 0.717) is 5.01 Å². The lowest BCUT2D eigenvalue weighted by Crippen LogP contribution is -2.18. The van der Waals surface area contributed by atoms with E-state index in [4.69, 9.17) is 5.73 Å². The van der Waals surface area contributed by atoms with Crippen LogP contribution in [0.2, 0.25) is 0 Å². The van der Waals surface area contributed by atoms with Gasteiger partial charge in [-0.2, -0.15) is 0 Å². The molecule has 0 aliphatic carbocycles. The molecule has 0 bridgehead atoms. The van der Waals surface area contributed by atoms with Gasteiger partial charge in [-0.3, -0.25) is 4.79 Å². The number of hydrogen-bond acceptors (Lipinski definition) is 6. The van der Waals surface area contributed by atoms with Gasteiger partial charge in [0.25, 0.3) is 5.91 Å². The highest BCUT2D eigenvalue weighted by Crippen LogP contribution is 2.25. The molecular weight excluding hydrogens is 274 g/mol. The fraction of sp³-hybridized carbons (Fsp3) is 0.462. The molecule has 7 heteroatoms. The highest BCUT2D eigenvalue weighted by Gasteiger charge is 2.15. The molecule has 3 rings (SSSR count). The summed E-state index contributed by atoms with van der Waals surface area (Å²) in [6, 6.07) is 3.86. The first kappa shape index (κ1) is 14.7. The van der Waals surface area contributed by atoms with Crippen molar-refractivity contribution >= 4 is 33.4 Å². The Bertz CT molecular complexity index is 591. The molecule has 6 nitrogen and oxygen atoms in total. The predicted octanol–water partition coefficient (Wildman–Crippen LogP) is 1.23. The molecule has 0 aromatic carbocycles. The first-order chi connectivity index (χ1) is 9.65. The quantitative estimate of drug-likeness (QED) is 0.870. The van der Waals surface area contributed by atoms with E-state index in [9.17, 15) is 4.79 Å². The molecular formula is C13H19N5OS. The first-order valence-corrected chi connectivity index (χ1v) is 7.38. The third-order valence-electron chi connectivity index (χ3n) is 2.88. The third-order valence-corrected chi connectivity index (χ3v) is 3.86. The Kier molecular flexibility index (Phi) is 4.86. The van der Waals surface area contributed by atoms with Gasteiger partial charge in [-0.15, -0.1) is 0 Å². The lowest BCUT2D eigenvalue weighted by atomic mass is 10.4. The van der Waals surface area contributed by atoms with Crippen molar-refractivity contribution in [1.29, 1.82) is 0 Å². The highest BCUT2D eigenvalue weighted by atomic mass is 32.1. The number of carbonyl (C=O) groups is 1. The Morgan fingerprint density at radius 3 is 2.55 bits per heavy atom. The van der Waals surface area contributed by atoms with E-state index in [1.165, 1.54) is 24.2 Å². The summed E-state index contributed by atoms with van der Waals surface area (Å²) in [5.41, 5.74) is 5.95. The van der Waals surface area contributed by atoms with Crippen LogP contribution in [0.3, 0.4) is 0 Å². The molecule has 2 aromatic heterocycles. The molecule has 3 heterocycles. The van der Waals surface area contributed by atoms with Crippen molar-refractivity contribution in [3.05, 3.63) is 17.1 Å². The maximum atomic E-state index is 11.0. The van der Waals surface area contributed by atoms with Gasteiger partial charge in [-0.25, -0.2) is 9.97 Å². The zero-order chi connectivity index (χ0) is 14.5. The number of fused-ring (bicyclic) bond motifs is 1. The van der Waals surface area contributed by atoms with Crippen LogP contribution in [0.15, 0.2) is 12.1 Å². The van der Waals surface area contributed by atoms with Crippen LogP contribution in [-0.2, 0) is 0 Å². The number of nitrogens with zero attached hydrogens (tertiary/aromatic N) is 3. The number of anilines is 1. The minimum Gasteiger partial charge on any atom is -0.364 e. The van der Waals surface area contributed by atoms with Crippen LogP contribution >= 0.6 is 11.3 Å². The normalized spacial score (nSPS) is 14.2. The molecule has 0 saturated carbocycles. The van der Waals surface area contributed by atoms with Crippen LogP contribution in [0.5, 0.6) is 0 Å². The summed E-state index contributed by atoms with van der Waals surface area (Å²) in [6.45, 7) is 2.11. The van der Waals surface area contributed by atoms with Crippen LogP contribution in [0.25, 0.3) is 10.3 Å². The highest BCUT2D eigenvalue weighted by molar-refractivity contribution is 7.19. The molecule has 0 radical (unpaired) electrons. The van der Waals surface area contributed by atoms with Gasteiger partial charge in [-0.05, 0) is 39.1 Å². The maximum Gasteiger partial charge on any atom is 0.277 e. The topological polar surface area (TPSA) is 84.1 Å². The molecule has 3 N–H and O–H groups in total. The lowest BCUT2D eigenvalue weighted by Gasteiger charge is -2.15. The van der Waals surface area contributed by atoms with E-state index < -0.39 is 5.91 Å². The second-order valence-electron chi connectivity index (χ2n) is 4.57. The zero-order valence-electron chi connectivity index (χ0n) is 11.7. The van der Waals surface area contributed by atoms with Crippen molar-refractivity contribution in [2.45, 2.75) is 12.8 Å². The Labute approximate surface area is 122 Å². The van der Waals surface area contributed by atoms with Crippen molar-refractivity contribution in [2.75, 3.05) is 32.1 Å². The Morgan fingerprint density at radius 1 is 1.30 bits per heavy atom. The van der Waals surface area contributed by atoms with Crippen molar-refractivity contribution in [2.24, 2.45) is 5.73 Å². The van der Waals surface area contributed by atoms with Crippen LogP contribution < -0.4 is 16.0 Å². The van der Waals surface area contributed by atoms with Gasteiger partial charge in [0.1, 0.15) is 16.2 Å². The van der Waals surface area contributed by atoms with Crippen molar-refractivity contribution in [3.63, 3.8) is 0 Å². The van der Waals surface area contributed by atoms with Gasteiger partial charge in [0.05, 0.1) is 0 Å². The number of pyridine rings is 1. The third kappa shape index (κ3) is 3.23. The largest absolute Gasteiger partial charge is 0.364 e. The van der Waals surface area contributed by atoms with E-state index in [1.54, 1.807) is 0 Å². The standard InChI is InChI=1S/C11H12N4OS.C2H7N/c12-9(16)11-13-7-3-4-8(14-10(7)17-11)15-5-1-2-6-15;1-3-2/h3-4H,1-2,5-6H2,(H2,12,16);3H,1-2H3. The van der Waals surface area contributed by atoms with Crippen LogP contribution in [0, 0.1) is 0 Å². The number of aromatic nitrogens is 2. The maximum absolute atomic E-state index is 11.0. The molecule has 0 atom stereocenters. The Morgan fingerprint density at radius 2 is 1.95 bits per heavy atom. The van der Waals surface area contributed by atoms with Crippen molar-refractivity contribution in [3.8, 4) is 0 Å². The molecule has 1 amide bonds. The first-order valence-electron chi connectivity index (χ1n) is 6.56. The molecule has 1 saturated heterocycles. The van der Waals surface area contributed by atoms with E-state index in [2.05, 4.69) is 20.2 Å². The summed E-state index contributed by atoms with van der Waals surface area (Å²) in [4.78, 5) is 22.8. The number of thiazole rings is 1. The van der Waals surface area contributed by atoms with Crippen LogP contribution in [-0.4, -0.2) is 43.1 Å². The predicted molar refractivity (Wildman–Crippen MR) is 82.4 cm³/mol. The summed E-state index contributed by atoms with van der Waals surface area (Å²) in [6.07, 6.45) is 2.43. The number of carbonyl (C=O) groups excluding carboxylic acids is 1. The van der Waals surface area contributed by atoms with Gasteiger partial charge >= 0.3 is 0 Å². The van der Waals surface area contributed by atoms with Gasteiger partial charge in [0, 0.05) is 13.1 Å². The van der Waals surface area contributed by atoms with Crippen LogP contribution in [0.4, 0.5) is 5.82 Å². The summed E-state index contributed by atoms with van der Waals surface area (Å²) in [7, 11) is 3.75. The molecule has 20 heavy (non-hydrogen) atoms. The van der Waals surface area contributed by atoms with Gasteiger partial charge in [0.2, 0.25) is 0 Å². The van der Waals surface area contributed by atoms with Crippen LogP contribution in [0.1, 0.15) is 22.6 Å². The number of primary amides is 1. The molecule has 0 unspecified atom stereocenters. The number of hydrogen-bond donors (Lipinski definition) is 2. The van der Waals surface area contributed by atoms with Gasteiger partial charge in [-0.1, -0.05) is 11.3 Å². The minimum absolute atomic E-state index is 0.325. The summed E-state index contributed by atoms with van der Waals surface area (Å²) >= 11 is 1.25. The number of rotatable bonds is 2. The summed E-state index contributed by atoms with van der Waals surface area (Å²) in [5.74, 6) is 0.477. The lowest BCUT2D eigenvalue weighted by molar-refractivity contribution is 0.1000. The minimum atomic E-state index is -0.490. The van der Waals surface area contributed by atoms with E-state index >= 15 is 0 Å². The molecule has 1 aliphatic heterocycles. The van der Waals surface area contributed by atoms with Crippen molar-refractivity contribution < 1.29 is 4.79 Å². The second kappa shape index (κ2) is 6.62. The Hall–Kier alpha value is -1.73. The fourth-order valence-electron chi connectivity index (χ4n) is 2.04. The zero-order valence-corrected chi connectivity index (χ0v) is 12.5. The second-order valence-corrected chi connectivity index (χ2v) is 5.55. The molecule has 1 aliphatic rings. The number of amides is 1. The van der Waals surface area contributed by atoms with E-state index in [1.807, 2.05) is 26.2 Å². The van der Waals surface area contributed by atoms with Crippen molar-refractivity contribution in [1.82, 2.24) is 15.3 Å². The fourth-order valence-corrected chi connectivity index (χ4v) is 2.82. The average Bonchev–Trinajstić information content (AvgIpc) is 3.08. The average molecular weight is 293 g/mol. The number of nitrogens with one attached hydrogen (secondary N) is 1. The number of nitrogens with two attached hydrogens (primary N) is 1. The monoisotopic (exact) mass is 293 g/mol.